The lowest BCUT2D eigenvalue weighted by atomic mass is 10.0. The van der Waals surface area contributed by atoms with E-state index in [0.29, 0.717) is 6.54 Å². The Kier molecular flexibility index (Phi) is 4.30. The van der Waals surface area contributed by atoms with E-state index in [-0.39, 0.29) is 25.0 Å². The summed E-state index contributed by atoms with van der Waals surface area (Å²) in [5.74, 6) is 0.149. The average Bonchev–Trinajstić information content (AvgIpc) is 2.61. The molecule has 0 aromatic rings. The largest absolute Gasteiger partial charge is 0.395 e. The first-order valence-electron chi connectivity index (χ1n) is 5.50. The van der Waals surface area contributed by atoms with Crippen molar-refractivity contribution in [3.63, 3.8) is 0 Å². The Morgan fingerprint density at radius 2 is 2.25 bits per heavy atom. The zero-order valence-electron chi connectivity index (χ0n) is 9.63. The number of nitrogens with zero attached hydrogens (tertiary/aromatic N) is 2. The van der Waals surface area contributed by atoms with Crippen molar-refractivity contribution >= 4 is 10.0 Å². The number of hydrogen-bond donors (Lipinski definition) is 1. The molecular formula is C10H18N2O3S. The minimum absolute atomic E-state index is 0.149. The molecule has 1 N–H and O–H groups in total. The second-order valence-electron chi connectivity index (χ2n) is 4.20. The summed E-state index contributed by atoms with van der Waals surface area (Å²) >= 11 is 0. The number of rotatable bonds is 4. The van der Waals surface area contributed by atoms with E-state index in [9.17, 15) is 13.5 Å². The number of nitriles is 1. The van der Waals surface area contributed by atoms with Crippen LogP contribution in [-0.2, 0) is 10.0 Å². The third-order valence-electron chi connectivity index (χ3n) is 3.22. The molecule has 1 rings (SSSR count). The van der Waals surface area contributed by atoms with Crippen LogP contribution in [0.3, 0.4) is 0 Å². The molecule has 0 aliphatic carbocycles. The maximum Gasteiger partial charge on any atom is 0.230 e. The van der Waals surface area contributed by atoms with Gasteiger partial charge in [-0.3, -0.25) is 0 Å². The van der Waals surface area contributed by atoms with Crippen LogP contribution in [0.15, 0.2) is 0 Å². The predicted octanol–water partition coefficient (Wildman–Crippen LogP) is 0.321. The first kappa shape index (κ1) is 13.4. The fourth-order valence-corrected chi connectivity index (χ4v) is 3.98. The number of hydrogen-bond acceptors (Lipinski definition) is 4. The van der Waals surface area contributed by atoms with Crippen molar-refractivity contribution in [2.75, 3.05) is 13.2 Å². The van der Waals surface area contributed by atoms with Crippen molar-refractivity contribution in [1.29, 1.82) is 5.26 Å². The lowest BCUT2D eigenvalue weighted by Crippen LogP contribution is -2.44. The summed E-state index contributed by atoms with van der Waals surface area (Å²) in [4.78, 5) is 0. The van der Waals surface area contributed by atoms with E-state index in [1.165, 1.54) is 4.31 Å². The molecule has 0 radical (unpaired) electrons. The van der Waals surface area contributed by atoms with Gasteiger partial charge in [-0.05, 0) is 18.8 Å². The van der Waals surface area contributed by atoms with E-state index in [0.717, 1.165) is 6.42 Å². The Labute approximate surface area is 96.7 Å². The summed E-state index contributed by atoms with van der Waals surface area (Å²) < 4.78 is 25.5. The molecule has 0 aromatic heterocycles. The van der Waals surface area contributed by atoms with E-state index in [2.05, 4.69) is 0 Å². The smallest absolute Gasteiger partial charge is 0.230 e. The second kappa shape index (κ2) is 5.13. The molecule has 1 aliphatic rings. The first-order valence-corrected chi connectivity index (χ1v) is 7.00. The Bertz CT molecular complexity index is 374. The van der Waals surface area contributed by atoms with Gasteiger partial charge in [0.2, 0.25) is 10.0 Å². The van der Waals surface area contributed by atoms with Gasteiger partial charge in [0.1, 0.15) is 0 Å². The summed E-state index contributed by atoms with van der Waals surface area (Å²) in [7, 11) is -3.58. The van der Waals surface area contributed by atoms with Gasteiger partial charge >= 0.3 is 0 Å². The molecule has 1 fully saturated rings. The van der Waals surface area contributed by atoms with E-state index in [1.54, 1.807) is 6.92 Å². The normalized spacial score (nSPS) is 28.9. The highest BCUT2D eigenvalue weighted by atomic mass is 32.2. The minimum Gasteiger partial charge on any atom is -0.395 e. The zero-order chi connectivity index (χ0) is 12.3. The van der Waals surface area contributed by atoms with Crippen molar-refractivity contribution in [2.24, 2.45) is 5.92 Å². The molecule has 1 saturated heterocycles. The molecular weight excluding hydrogens is 228 g/mol. The van der Waals surface area contributed by atoms with Gasteiger partial charge in [0.25, 0.3) is 0 Å². The van der Waals surface area contributed by atoms with Crippen molar-refractivity contribution < 1.29 is 13.5 Å². The van der Waals surface area contributed by atoms with Crippen LogP contribution in [-0.4, -0.2) is 42.3 Å². The van der Waals surface area contributed by atoms with Crippen LogP contribution >= 0.6 is 0 Å². The molecule has 0 amide bonds. The van der Waals surface area contributed by atoms with Gasteiger partial charge in [-0.1, -0.05) is 13.8 Å². The van der Waals surface area contributed by atoms with Crippen molar-refractivity contribution in [3.05, 3.63) is 0 Å². The van der Waals surface area contributed by atoms with Gasteiger partial charge in [0.05, 0.1) is 18.7 Å². The monoisotopic (exact) mass is 246 g/mol. The molecule has 1 aliphatic heterocycles. The zero-order valence-corrected chi connectivity index (χ0v) is 10.4. The quantitative estimate of drug-likeness (QED) is 0.774. The van der Waals surface area contributed by atoms with Crippen molar-refractivity contribution in [2.45, 2.75) is 38.0 Å². The molecule has 3 unspecified atom stereocenters. The summed E-state index contributed by atoms with van der Waals surface area (Å²) in [6.07, 6.45) is 1.02. The van der Waals surface area contributed by atoms with Crippen LogP contribution in [0.5, 0.6) is 0 Å². The fraction of sp³-hybridized carbons (Fsp3) is 0.900. The lowest BCUT2D eigenvalue weighted by Gasteiger charge is -2.26. The summed E-state index contributed by atoms with van der Waals surface area (Å²) in [5.41, 5.74) is 0. The van der Waals surface area contributed by atoms with Gasteiger partial charge in [-0.2, -0.15) is 9.57 Å². The van der Waals surface area contributed by atoms with Crippen LogP contribution in [0, 0.1) is 17.2 Å². The molecule has 92 valence electrons. The fourth-order valence-electron chi connectivity index (χ4n) is 2.09. The molecule has 5 nitrogen and oxygen atoms in total. The summed E-state index contributed by atoms with van der Waals surface area (Å²) in [6.45, 7) is 3.83. The molecule has 16 heavy (non-hydrogen) atoms. The van der Waals surface area contributed by atoms with Crippen LogP contribution in [0.2, 0.25) is 0 Å². The highest BCUT2D eigenvalue weighted by Gasteiger charge is 2.41. The van der Waals surface area contributed by atoms with Crippen LogP contribution in [0.1, 0.15) is 26.7 Å². The standard InChI is InChI=1S/C10H18N2O3S/c1-3-9(6-11)16(14,15)12-5-4-8(2)10(12)7-13/h8-10,13H,3-5,7H2,1-2H3. The Balaban J connectivity index is 2.97. The number of aliphatic hydroxyl groups is 1. The third kappa shape index (κ3) is 2.21. The van der Waals surface area contributed by atoms with E-state index >= 15 is 0 Å². The van der Waals surface area contributed by atoms with E-state index < -0.39 is 15.3 Å². The SMILES string of the molecule is CCC(C#N)S(=O)(=O)N1CCC(C)C1CO. The van der Waals surface area contributed by atoms with Crippen LogP contribution in [0.4, 0.5) is 0 Å². The van der Waals surface area contributed by atoms with Crippen molar-refractivity contribution in [3.8, 4) is 6.07 Å². The molecule has 0 spiro atoms. The topological polar surface area (TPSA) is 81.4 Å². The molecule has 0 aromatic carbocycles. The Morgan fingerprint density at radius 1 is 1.62 bits per heavy atom. The highest BCUT2D eigenvalue weighted by Crippen LogP contribution is 2.28. The maximum atomic E-state index is 12.1. The third-order valence-corrected chi connectivity index (χ3v) is 5.48. The molecule has 3 atom stereocenters. The molecule has 6 heteroatoms. The Morgan fingerprint density at radius 3 is 2.69 bits per heavy atom. The maximum absolute atomic E-state index is 12.1. The van der Waals surface area contributed by atoms with Crippen LogP contribution in [0.25, 0.3) is 0 Å². The van der Waals surface area contributed by atoms with Gasteiger partial charge in [-0.15, -0.1) is 0 Å². The highest BCUT2D eigenvalue weighted by molar-refractivity contribution is 7.90. The minimum atomic E-state index is -3.58. The van der Waals surface area contributed by atoms with E-state index in [4.69, 9.17) is 5.26 Å². The average molecular weight is 246 g/mol. The molecule has 0 saturated carbocycles. The molecule has 0 bridgehead atoms. The predicted molar refractivity (Wildman–Crippen MR) is 60.0 cm³/mol. The first-order chi connectivity index (χ1) is 7.48. The number of aliphatic hydroxyl groups excluding tert-OH is 1. The van der Waals surface area contributed by atoms with Gasteiger partial charge in [0.15, 0.2) is 5.25 Å². The van der Waals surface area contributed by atoms with Crippen molar-refractivity contribution in [1.82, 2.24) is 4.31 Å². The van der Waals surface area contributed by atoms with Gasteiger partial charge in [0, 0.05) is 6.54 Å². The summed E-state index contributed by atoms with van der Waals surface area (Å²) in [5, 5.41) is 17.0. The van der Waals surface area contributed by atoms with Crippen LogP contribution < -0.4 is 0 Å². The van der Waals surface area contributed by atoms with Gasteiger partial charge in [-0.25, -0.2) is 8.42 Å². The molecule has 1 heterocycles. The number of sulfonamides is 1. The second-order valence-corrected chi connectivity index (χ2v) is 6.27. The van der Waals surface area contributed by atoms with Gasteiger partial charge < -0.3 is 5.11 Å². The Hall–Kier alpha value is -0.640. The van der Waals surface area contributed by atoms with E-state index in [1.807, 2.05) is 13.0 Å². The lowest BCUT2D eigenvalue weighted by molar-refractivity contribution is 0.190. The summed E-state index contributed by atoms with van der Waals surface area (Å²) in [6, 6.07) is 1.45.